The van der Waals surface area contributed by atoms with E-state index in [0.717, 1.165) is 6.07 Å². The van der Waals surface area contributed by atoms with E-state index in [-0.39, 0.29) is 29.0 Å². The molecule has 2 aliphatic rings. The summed E-state index contributed by atoms with van der Waals surface area (Å²) in [5, 5.41) is 70.4. The van der Waals surface area contributed by atoms with Crippen molar-refractivity contribution < 1.29 is 50.0 Å². The molecule has 10 heteroatoms. The lowest BCUT2D eigenvalue weighted by atomic mass is 9.87. The molecule has 6 atom stereocenters. The smallest absolute Gasteiger partial charge is 0.174 e. The first-order valence-electron chi connectivity index (χ1n) is 9.61. The van der Waals surface area contributed by atoms with Crippen LogP contribution < -0.4 is 4.74 Å². The molecule has 1 saturated heterocycles. The van der Waals surface area contributed by atoms with Crippen molar-refractivity contribution >= 4 is 5.78 Å². The third-order valence-corrected chi connectivity index (χ3v) is 5.64. The minimum Gasteiger partial charge on any atom is -0.508 e. The second kappa shape index (κ2) is 7.98. The molecule has 0 radical (unpaired) electrons. The van der Waals surface area contributed by atoms with Gasteiger partial charge in [0.2, 0.25) is 0 Å². The van der Waals surface area contributed by atoms with Gasteiger partial charge in [-0.1, -0.05) is 12.1 Å². The van der Waals surface area contributed by atoms with E-state index >= 15 is 0 Å². The van der Waals surface area contributed by atoms with Crippen LogP contribution in [0, 0.1) is 0 Å². The van der Waals surface area contributed by atoms with Crippen molar-refractivity contribution in [3.63, 3.8) is 0 Å². The van der Waals surface area contributed by atoms with E-state index in [4.69, 9.17) is 9.47 Å². The van der Waals surface area contributed by atoms with Crippen LogP contribution in [0.2, 0.25) is 0 Å². The second-order valence-electron chi connectivity index (χ2n) is 7.61. The predicted molar refractivity (Wildman–Crippen MR) is 103 cm³/mol. The molecular formula is C21H22O10. The van der Waals surface area contributed by atoms with E-state index < -0.39 is 60.5 Å². The number of carbonyl (C=O) groups is 1. The third kappa shape index (κ3) is 3.58. The summed E-state index contributed by atoms with van der Waals surface area (Å²) < 4.78 is 11.2. The number of phenolic OH excluding ortho intramolecular Hbond substituents is 3. The minimum absolute atomic E-state index is 0.0470. The number of carbonyl (C=O) groups excluding carboxylic acids is 1. The van der Waals surface area contributed by atoms with Crippen molar-refractivity contribution in [2.45, 2.75) is 43.0 Å². The number of rotatable bonds is 3. The fourth-order valence-corrected chi connectivity index (χ4v) is 3.97. The Bertz CT molecular complexity index is 987. The first kappa shape index (κ1) is 21.3. The summed E-state index contributed by atoms with van der Waals surface area (Å²) in [4.78, 5) is 12.8. The van der Waals surface area contributed by atoms with Crippen LogP contribution in [0.25, 0.3) is 0 Å². The van der Waals surface area contributed by atoms with Gasteiger partial charge in [0.25, 0.3) is 0 Å². The maximum atomic E-state index is 12.8. The summed E-state index contributed by atoms with van der Waals surface area (Å²) in [5.41, 5.74) is 0.0178. The molecule has 0 bridgehead atoms. The van der Waals surface area contributed by atoms with Crippen LogP contribution in [-0.4, -0.2) is 72.6 Å². The average molecular weight is 434 g/mol. The minimum atomic E-state index is -1.75. The molecule has 1 fully saturated rings. The topological polar surface area (TPSA) is 177 Å². The lowest BCUT2D eigenvalue weighted by molar-refractivity contribution is -0.232. The molecule has 2 aromatic carbocycles. The van der Waals surface area contributed by atoms with E-state index in [0.29, 0.717) is 5.56 Å². The van der Waals surface area contributed by atoms with Gasteiger partial charge in [-0.2, -0.15) is 0 Å². The molecule has 166 valence electrons. The predicted octanol–water partition coefficient (Wildman–Crippen LogP) is 0.0248. The van der Waals surface area contributed by atoms with Crippen molar-refractivity contribution in [3.8, 4) is 23.0 Å². The Labute approximate surface area is 176 Å². The van der Waals surface area contributed by atoms with Gasteiger partial charge >= 0.3 is 0 Å². The fraction of sp³-hybridized carbons (Fsp3) is 0.381. The Morgan fingerprint density at radius 2 is 1.65 bits per heavy atom. The highest BCUT2D eigenvalue weighted by Gasteiger charge is 2.47. The molecule has 0 unspecified atom stereocenters. The number of fused-ring (bicyclic) bond motifs is 1. The van der Waals surface area contributed by atoms with Crippen LogP contribution in [0.1, 0.15) is 40.1 Å². The molecule has 2 aromatic rings. The Hall–Kier alpha value is -2.89. The summed E-state index contributed by atoms with van der Waals surface area (Å²) >= 11 is 0. The van der Waals surface area contributed by atoms with E-state index in [2.05, 4.69) is 0 Å². The summed E-state index contributed by atoms with van der Waals surface area (Å²) in [5.74, 6) is -1.79. The molecule has 0 aromatic heterocycles. The Balaban J connectivity index is 1.72. The van der Waals surface area contributed by atoms with E-state index in [1.54, 1.807) is 12.1 Å². The number of ketones is 1. The molecule has 0 amide bonds. The Morgan fingerprint density at radius 3 is 2.29 bits per heavy atom. The van der Waals surface area contributed by atoms with Gasteiger partial charge in [-0.3, -0.25) is 4.79 Å². The number of aliphatic hydroxyl groups excluding tert-OH is 4. The van der Waals surface area contributed by atoms with Crippen LogP contribution in [0.5, 0.6) is 23.0 Å². The fourth-order valence-electron chi connectivity index (χ4n) is 3.97. The number of aromatic hydroxyl groups is 3. The van der Waals surface area contributed by atoms with Crippen molar-refractivity contribution in [1.82, 2.24) is 0 Å². The van der Waals surface area contributed by atoms with Crippen LogP contribution >= 0.6 is 0 Å². The van der Waals surface area contributed by atoms with E-state index in [9.17, 15) is 40.5 Å². The molecule has 0 saturated carbocycles. The van der Waals surface area contributed by atoms with Gasteiger partial charge in [0.15, 0.2) is 5.78 Å². The maximum Gasteiger partial charge on any atom is 0.174 e. The number of hydrogen-bond donors (Lipinski definition) is 7. The summed E-state index contributed by atoms with van der Waals surface area (Å²) in [6, 6.07) is 7.14. The van der Waals surface area contributed by atoms with Gasteiger partial charge in [0.1, 0.15) is 65.2 Å². The molecule has 7 N–H and O–H groups in total. The Morgan fingerprint density at radius 1 is 0.968 bits per heavy atom. The van der Waals surface area contributed by atoms with Gasteiger partial charge in [-0.15, -0.1) is 0 Å². The third-order valence-electron chi connectivity index (χ3n) is 5.64. The van der Waals surface area contributed by atoms with Crippen molar-refractivity contribution in [2.75, 3.05) is 6.61 Å². The van der Waals surface area contributed by atoms with Gasteiger partial charge in [-0.25, -0.2) is 0 Å². The standard InChI is InChI=1S/C21H22O10/c22-7-14-17(26)19(28)20(29)21(31-14)16-11(25)6-13-15(18(16)27)10(24)5-12(30-13)8-1-3-9(23)4-2-8/h1-4,6,12,14,17,19-23,25-29H,5,7H2/t12-,14+,17+,19-,20+,21-/m1/s1. The molecule has 31 heavy (non-hydrogen) atoms. The van der Waals surface area contributed by atoms with E-state index in [1.807, 2.05) is 0 Å². The Kier molecular flexibility index (Phi) is 5.50. The SMILES string of the molecule is O=C1C[C@H](c2ccc(O)cc2)Oc2cc(O)c([C@H]3O[C@@H](CO)[C@H](O)[C@@H](O)[C@@H]3O)c(O)c21. The van der Waals surface area contributed by atoms with E-state index in [1.165, 1.54) is 12.1 Å². The summed E-state index contributed by atoms with van der Waals surface area (Å²) in [6.45, 7) is -0.690. The monoisotopic (exact) mass is 434 g/mol. The molecule has 10 nitrogen and oxygen atoms in total. The van der Waals surface area contributed by atoms with Crippen LogP contribution in [0.4, 0.5) is 0 Å². The molecular weight excluding hydrogens is 412 g/mol. The van der Waals surface area contributed by atoms with Crippen LogP contribution in [-0.2, 0) is 4.74 Å². The van der Waals surface area contributed by atoms with Crippen molar-refractivity contribution in [3.05, 3.63) is 47.0 Å². The number of benzene rings is 2. The van der Waals surface area contributed by atoms with Crippen LogP contribution in [0.15, 0.2) is 30.3 Å². The number of Topliss-reactive ketones (excluding diaryl/α,β-unsaturated/α-hetero) is 1. The summed E-state index contributed by atoms with van der Waals surface area (Å²) in [6.07, 6.45) is -8.72. The second-order valence-corrected chi connectivity index (χ2v) is 7.61. The first-order valence-corrected chi connectivity index (χ1v) is 9.61. The first-order chi connectivity index (χ1) is 14.7. The lowest BCUT2D eigenvalue weighted by Gasteiger charge is -2.40. The van der Waals surface area contributed by atoms with Crippen molar-refractivity contribution in [1.29, 1.82) is 0 Å². The number of phenols is 3. The lowest BCUT2D eigenvalue weighted by Crippen LogP contribution is -2.55. The number of aliphatic hydroxyl groups is 4. The molecule has 4 rings (SSSR count). The number of ether oxygens (including phenoxy) is 2. The molecule has 0 aliphatic carbocycles. The summed E-state index contributed by atoms with van der Waals surface area (Å²) in [7, 11) is 0. The normalized spacial score (nSPS) is 30.5. The zero-order chi connectivity index (χ0) is 22.4. The van der Waals surface area contributed by atoms with Gasteiger partial charge in [0, 0.05) is 6.07 Å². The zero-order valence-corrected chi connectivity index (χ0v) is 16.1. The quantitative estimate of drug-likeness (QED) is 0.348. The van der Waals surface area contributed by atoms with Crippen molar-refractivity contribution in [2.24, 2.45) is 0 Å². The largest absolute Gasteiger partial charge is 0.508 e. The molecule has 0 spiro atoms. The maximum absolute atomic E-state index is 12.8. The number of hydrogen-bond acceptors (Lipinski definition) is 10. The highest BCUT2D eigenvalue weighted by molar-refractivity contribution is 6.03. The van der Waals surface area contributed by atoms with Crippen LogP contribution in [0.3, 0.4) is 0 Å². The zero-order valence-electron chi connectivity index (χ0n) is 16.1. The highest BCUT2D eigenvalue weighted by atomic mass is 16.5. The van der Waals surface area contributed by atoms with Gasteiger partial charge in [0.05, 0.1) is 18.6 Å². The highest BCUT2D eigenvalue weighted by Crippen LogP contribution is 2.49. The molecule has 2 aliphatic heterocycles. The molecule has 2 heterocycles. The average Bonchev–Trinajstić information content (AvgIpc) is 2.73. The van der Waals surface area contributed by atoms with Gasteiger partial charge < -0.3 is 45.2 Å². The van der Waals surface area contributed by atoms with Gasteiger partial charge in [-0.05, 0) is 17.7 Å².